The average molecular weight is 238 g/mol. The number of unbranched alkanes of at least 4 members (excludes halogenated alkanes) is 1. The van der Waals surface area contributed by atoms with E-state index < -0.39 is 0 Å². The summed E-state index contributed by atoms with van der Waals surface area (Å²) >= 11 is 0. The lowest BCUT2D eigenvalue weighted by Gasteiger charge is -2.22. The normalized spacial score (nSPS) is 12.3. The second kappa shape index (κ2) is 6.82. The highest BCUT2D eigenvalue weighted by Crippen LogP contribution is 2.21. The van der Waals surface area contributed by atoms with Crippen LogP contribution < -0.4 is 5.73 Å². The van der Waals surface area contributed by atoms with Gasteiger partial charge in [0.15, 0.2) is 0 Å². The fourth-order valence-electron chi connectivity index (χ4n) is 1.83. The highest BCUT2D eigenvalue weighted by Gasteiger charge is 2.14. The molecule has 0 saturated carbocycles. The molecule has 0 bridgehead atoms. The first-order valence-corrected chi connectivity index (χ1v) is 6.44. The minimum absolute atomic E-state index is 0.291. The lowest BCUT2D eigenvalue weighted by molar-refractivity contribution is 0.272. The highest BCUT2D eigenvalue weighted by atomic mass is 16.3. The predicted octanol–water partition coefficient (Wildman–Crippen LogP) is 2.87. The maximum Gasteiger partial charge on any atom is 0.117 e. The van der Waals surface area contributed by atoms with E-state index in [1.807, 2.05) is 12.1 Å². The van der Waals surface area contributed by atoms with Gasteiger partial charge in [0, 0.05) is 0 Å². The molecule has 1 aromatic heterocycles. The van der Waals surface area contributed by atoms with Crippen LogP contribution in [0.15, 0.2) is 22.8 Å². The standard InChI is InChI=1S/C14H26N2O/c1-14(2,12-15)8-4-5-9-16(3)11-13-7-6-10-17-13/h6-7,10H,4-5,8-9,11-12,15H2,1-3H3. The van der Waals surface area contributed by atoms with Gasteiger partial charge in [-0.15, -0.1) is 0 Å². The Balaban J connectivity index is 2.10. The summed E-state index contributed by atoms with van der Waals surface area (Å²) < 4.78 is 5.32. The third-order valence-corrected chi connectivity index (χ3v) is 3.20. The van der Waals surface area contributed by atoms with Crippen LogP contribution in [-0.2, 0) is 6.54 Å². The largest absolute Gasteiger partial charge is 0.468 e. The summed E-state index contributed by atoms with van der Waals surface area (Å²) in [5.41, 5.74) is 6.01. The van der Waals surface area contributed by atoms with E-state index in [0.717, 1.165) is 25.4 Å². The molecule has 1 heterocycles. The van der Waals surface area contributed by atoms with Gasteiger partial charge in [-0.3, -0.25) is 4.90 Å². The maximum absolute atomic E-state index is 5.72. The van der Waals surface area contributed by atoms with E-state index in [-0.39, 0.29) is 0 Å². The third kappa shape index (κ3) is 5.89. The van der Waals surface area contributed by atoms with Gasteiger partial charge in [-0.1, -0.05) is 20.3 Å². The molecule has 0 aliphatic rings. The number of nitrogens with two attached hydrogens (primary N) is 1. The molecule has 0 unspecified atom stereocenters. The summed E-state index contributed by atoms with van der Waals surface area (Å²) in [7, 11) is 2.14. The summed E-state index contributed by atoms with van der Waals surface area (Å²) in [5, 5.41) is 0. The first-order valence-electron chi connectivity index (χ1n) is 6.44. The van der Waals surface area contributed by atoms with E-state index >= 15 is 0 Å². The Bertz CT molecular complexity index is 293. The fraction of sp³-hybridized carbons (Fsp3) is 0.714. The van der Waals surface area contributed by atoms with Gasteiger partial charge >= 0.3 is 0 Å². The summed E-state index contributed by atoms with van der Waals surface area (Å²) in [6.07, 6.45) is 5.40. The van der Waals surface area contributed by atoms with E-state index in [4.69, 9.17) is 10.2 Å². The molecule has 0 spiro atoms. The number of rotatable bonds is 8. The van der Waals surface area contributed by atoms with E-state index in [9.17, 15) is 0 Å². The minimum Gasteiger partial charge on any atom is -0.468 e. The number of furan rings is 1. The summed E-state index contributed by atoms with van der Waals surface area (Å²) in [5.74, 6) is 1.04. The van der Waals surface area contributed by atoms with Crippen LogP contribution in [0.5, 0.6) is 0 Å². The Morgan fingerprint density at radius 1 is 1.35 bits per heavy atom. The molecule has 3 nitrogen and oxygen atoms in total. The molecule has 0 aromatic carbocycles. The first kappa shape index (κ1) is 14.3. The lowest BCUT2D eigenvalue weighted by Crippen LogP contribution is -2.24. The lowest BCUT2D eigenvalue weighted by atomic mass is 9.87. The van der Waals surface area contributed by atoms with Crippen LogP contribution in [0.3, 0.4) is 0 Å². The van der Waals surface area contributed by atoms with Crippen molar-refractivity contribution < 1.29 is 4.42 Å². The zero-order valence-electron chi connectivity index (χ0n) is 11.4. The molecule has 0 radical (unpaired) electrons. The topological polar surface area (TPSA) is 42.4 Å². The molecule has 0 aliphatic heterocycles. The minimum atomic E-state index is 0.291. The highest BCUT2D eigenvalue weighted by molar-refractivity contribution is 4.97. The van der Waals surface area contributed by atoms with Crippen molar-refractivity contribution in [3.63, 3.8) is 0 Å². The molecule has 0 aliphatic carbocycles. The van der Waals surface area contributed by atoms with Crippen LogP contribution in [0.4, 0.5) is 0 Å². The quantitative estimate of drug-likeness (QED) is 0.708. The SMILES string of the molecule is CN(CCCCC(C)(C)CN)Cc1ccco1. The monoisotopic (exact) mass is 238 g/mol. The molecule has 98 valence electrons. The second-order valence-electron chi connectivity index (χ2n) is 5.64. The molecule has 3 heteroatoms. The van der Waals surface area contributed by atoms with E-state index in [0.29, 0.717) is 5.41 Å². The molecule has 0 amide bonds. The van der Waals surface area contributed by atoms with E-state index in [2.05, 4.69) is 25.8 Å². The van der Waals surface area contributed by atoms with Crippen LogP contribution in [0, 0.1) is 5.41 Å². The van der Waals surface area contributed by atoms with Gasteiger partial charge in [-0.2, -0.15) is 0 Å². The Kier molecular flexibility index (Phi) is 5.72. The Hall–Kier alpha value is -0.800. The predicted molar refractivity (Wildman–Crippen MR) is 71.7 cm³/mol. The molecule has 0 fully saturated rings. The summed E-state index contributed by atoms with van der Waals surface area (Å²) in [6, 6.07) is 3.96. The maximum atomic E-state index is 5.72. The van der Waals surface area contributed by atoms with E-state index in [1.165, 1.54) is 19.3 Å². The van der Waals surface area contributed by atoms with Crippen molar-refractivity contribution >= 4 is 0 Å². The third-order valence-electron chi connectivity index (χ3n) is 3.20. The van der Waals surface area contributed by atoms with Gasteiger partial charge in [0.1, 0.15) is 5.76 Å². The van der Waals surface area contributed by atoms with Gasteiger partial charge in [0.05, 0.1) is 12.8 Å². The van der Waals surface area contributed by atoms with E-state index in [1.54, 1.807) is 6.26 Å². The Morgan fingerprint density at radius 2 is 2.12 bits per heavy atom. The number of hydrogen-bond donors (Lipinski definition) is 1. The second-order valence-corrected chi connectivity index (χ2v) is 5.64. The molecule has 2 N–H and O–H groups in total. The van der Waals surface area contributed by atoms with Crippen LogP contribution >= 0.6 is 0 Å². The van der Waals surface area contributed by atoms with Crippen molar-refractivity contribution in [2.24, 2.45) is 11.1 Å². The van der Waals surface area contributed by atoms with Crippen LogP contribution in [0.2, 0.25) is 0 Å². The van der Waals surface area contributed by atoms with Crippen molar-refractivity contribution in [3.8, 4) is 0 Å². The van der Waals surface area contributed by atoms with Crippen LogP contribution in [-0.4, -0.2) is 25.0 Å². The first-order chi connectivity index (χ1) is 8.03. The average Bonchev–Trinajstić information content (AvgIpc) is 2.77. The van der Waals surface area contributed by atoms with Crippen molar-refractivity contribution in [1.82, 2.24) is 4.90 Å². The van der Waals surface area contributed by atoms with Gasteiger partial charge in [-0.05, 0) is 50.5 Å². The molecular weight excluding hydrogens is 212 g/mol. The fourth-order valence-corrected chi connectivity index (χ4v) is 1.83. The van der Waals surface area contributed by atoms with Gasteiger partial charge in [0.25, 0.3) is 0 Å². The summed E-state index contributed by atoms with van der Waals surface area (Å²) in [6.45, 7) is 7.25. The van der Waals surface area contributed by atoms with Gasteiger partial charge in [0.2, 0.25) is 0 Å². The summed E-state index contributed by atoms with van der Waals surface area (Å²) in [4.78, 5) is 2.30. The Morgan fingerprint density at radius 3 is 2.71 bits per heavy atom. The van der Waals surface area contributed by atoms with Crippen LogP contribution in [0.1, 0.15) is 38.9 Å². The van der Waals surface area contributed by atoms with Gasteiger partial charge < -0.3 is 10.2 Å². The zero-order valence-corrected chi connectivity index (χ0v) is 11.4. The van der Waals surface area contributed by atoms with Crippen molar-refractivity contribution in [2.75, 3.05) is 20.1 Å². The van der Waals surface area contributed by atoms with Crippen molar-refractivity contribution in [1.29, 1.82) is 0 Å². The molecule has 0 atom stereocenters. The molecule has 1 rings (SSSR count). The smallest absolute Gasteiger partial charge is 0.117 e. The molecular formula is C14H26N2O. The van der Waals surface area contributed by atoms with Crippen molar-refractivity contribution in [3.05, 3.63) is 24.2 Å². The van der Waals surface area contributed by atoms with Crippen molar-refractivity contribution in [2.45, 2.75) is 39.7 Å². The molecule has 1 aromatic rings. The zero-order chi connectivity index (χ0) is 12.7. The number of nitrogens with zero attached hydrogens (tertiary/aromatic N) is 1. The number of hydrogen-bond acceptors (Lipinski definition) is 3. The van der Waals surface area contributed by atoms with Gasteiger partial charge in [-0.25, -0.2) is 0 Å². The molecule has 17 heavy (non-hydrogen) atoms. The Labute approximate surface area is 105 Å². The van der Waals surface area contributed by atoms with Crippen LogP contribution in [0.25, 0.3) is 0 Å². The molecule has 0 saturated heterocycles.